The van der Waals surface area contributed by atoms with Gasteiger partial charge in [0.15, 0.2) is 5.65 Å². The Morgan fingerprint density at radius 2 is 2.28 bits per heavy atom. The number of rotatable bonds is 6. The minimum Gasteiger partial charge on any atom is -0.376 e. The Balaban J connectivity index is 1.50. The van der Waals surface area contributed by atoms with Gasteiger partial charge >= 0.3 is 0 Å². The van der Waals surface area contributed by atoms with Gasteiger partial charge in [-0.2, -0.15) is 5.10 Å². The van der Waals surface area contributed by atoms with Crippen molar-refractivity contribution in [2.45, 2.75) is 38.4 Å². The lowest BCUT2D eigenvalue weighted by molar-refractivity contribution is -0.130. The van der Waals surface area contributed by atoms with Gasteiger partial charge in [-0.1, -0.05) is 12.1 Å². The van der Waals surface area contributed by atoms with Crippen LogP contribution in [0, 0.1) is 0 Å². The number of aromatic nitrogens is 4. The number of ether oxygens (including phenoxy) is 2. The fraction of sp³-hybridized carbons (Fsp3) is 0.400. The minimum absolute atomic E-state index is 0.0471. The molecule has 9 nitrogen and oxygen atoms in total. The molecule has 152 valence electrons. The van der Waals surface area contributed by atoms with Gasteiger partial charge in [0, 0.05) is 6.61 Å². The molecule has 9 heteroatoms. The van der Waals surface area contributed by atoms with Gasteiger partial charge in [0.25, 0.3) is 11.5 Å². The highest BCUT2D eigenvalue weighted by Crippen LogP contribution is 2.22. The molecule has 0 saturated carbocycles. The lowest BCUT2D eigenvalue weighted by Crippen LogP contribution is -2.33. The Morgan fingerprint density at radius 3 is 3.10 bits per heavy atom. The molecular weight excluding hydrogens is 374 g/mol. The number of nitrogens with zero attached hydrogens (tertiary/aromatic N) is 3. The van der Waals surface area contributed by atoms with E-state index in [0.717, 1.165) is 25.9 Å². The summed E-state index contributed by atoms with van der Waals surface area (Å²) in [6.45, 7) is 2.86. The summed E-state index contributed by atoms with van der Waals surface area (Å²) >= 11 is 0. The number of benzene rings is 1. The Kier molecular flexibility index (Phi) is 5.68. The lowest BCUT2D eigenvalue weighted by atomic mass is 10.1. The maximum Gasteiger partial charge on any atom is 0.261 e. The third-order valence-electron chi connectivity index (χ3n) is 4.94. The molecule has 3 aromatic rings. The first kappa shape index (κ1) is 19.3. The predicted octanol–water partition coefficient (Wildman–Crippen LogP) is 2.02. The van der Waals surface area contributed by atoms with E-state index in [1.54, 1.807) is 19.1 Å². The highest BCUT2D eigenvalue weighted by molar-refractivity contribution is 5.96. The number of fused-ring (bicyclic) bond motifs is 1. The maximum absolute atomic E-state index is 12.6. The van der Waals surface area contributed by atoms with Crippen molar-refractivity contribution in [3.8, 4) is 5.69 Å². The Morgan fingerprint density at radius 1 is 1.41 bits per heavy atom. The zero-order valence-electron chi connectivity index (χ0n) is 16.1. The maximum atomic E-state index is 12.6. The average molecular weight is 397 g/mol. The number of hydrogen-bond donors (Lipinski definition) is 2. The van der Waals surface area contributed by atoms with Crippen molar-refractivity contribution in [3.63, 3.8) is 0 Å². The van der Waals surface area contributed by atoms with Crippen LogP contribution < -0.4 is 10.9 Å². The second-order valence-corrected chi connectivity index (χ2v) is 7.00. The van der Waals surface area contributed by atoms with Gasteiger partial charge in [0.05, 0.1) is 36.6 Å². The van der Waals surface area contributed by atoms with Crippen molar-refractivity contribution in [2.24, 2.45) is 0 Å². The number of aromatic amines is 1. The molecule has 2 aromatic heterocycles. The van der Waals surface area contributed by atoms with Gasteiger partial charge in [0.1, 0.15) is 11.5 Å². The number of H-pyrrole nitrogens is 1. The first-order valence-electron chi connectivity index (χ1n) is 9.68. The summed E-state index contributed by atoms with van der Waals surface area (Å²) in [6, 6.07) is 7.20. The van der Waals surface area contributed by atoms with Crippen molar-refractivity contribution in [1.82, 2.24) is 19.7 Å². The van der Waals surface area contributed by atoms with E-state index in [2.05, 4.69) is 20.4 Å². The molecule has 3 heterocycles. The summed E-state index contributed by atoms with van der Waals surface area (Å²) in [7, 11) is 0. The first-order chi connectivity index (χ1) is 14.1. The zero-order chi connectivity index (χ0) is 20.2. The SMILES string of the molecule is CC(OCC1CCCCO1)C(=O)Nc1ccccc1-n1ncc2c(=O)[nH]cnc21. The van der Waals surface area contributed by atoms with E-state index in [-0.39, 0.29) is 17.6 Å². The fourth-order valence-corrected chi connectivity index (χ4v) is 3.30. The molecule has 1 fully saturated rings. The molecular formula is C20H23N5O4. The second kappa shape index (κ2) is 8.54. The molecule has 2 unspecified atom stereocenters. The molecule has 0 aliphatic carbocycles. The monoisotopic (exact) mass is 397 g/mol. The highest BCUT2D eigenvalue weighted by atomic mass is 16.5. The van der Waals surface area contributed by atoms with Crippen LogP contribution in [-0.4, -0.2) is 51.1 Å². The van der Waals surface area contributed by atoms with Crippen molar-refractivity contribution in [2.75, 3.05) is 18.5 Å². The van der Waals surface area contributed by atoms with Crippen molar-refractivity contribution < 1.29 is 14.3 Å². The Bertz CT molecular complexity index is 1050. The van der Waals surface area contributed by atoms with Crippen LogP contribution >= 0.6 is 0 Å². The molecule has 1 saturated heterocycles. The van der Waals surface area contributed by atoms with Crippen LogP contribution in [0.25, 0.3) is 16.7 Å². The number of carbonyl (C=O) groups is 1. The van der Waals surface area contributed by atoms with Gasteiger partial charge in [0.2, 0.25) is 0 Å². The number of para-hydroxylation sites is 2. The van der Waals surface area contributed by atoms with Crippen molar-refractivity contribution in [3.05, 3.63) is 47.1 Å². The first-order valence-corrected chi connectivity index (χ1v) is 9.68. The normalized spacial score (nSPS) is 17.9. The zero-order valence-corrected chi connectivity index (χ0v) is 16.1. The van der Waals surface area contributed by atoms with Crippen LogP contribution in [0.4, 0.5) is 5.69 Å². The lowest BCUT2D eigenvalue weighted by Gasteiger charge is -2.24. The third-order valence-corrected chi connectivity index (χ3v) is 4.94. The summed E-state index contributed by atoms with van der Waals surface area (Å²) in [5.74, 6) is -0.268. The highest BCUT2D eigenvalue weighted by Gasteiger charge is 2.20. The summed E-state index contributed by atoms with van der Waals surface area (Å²) < 4.78 is 12.9. The number of nitrogens with one attached hydrogen (secondary N) is 2. The number of amides is 1. The van der Waals surface area contributed by atoms with E-state index in [9.17, 15) is 9.59 Å². The molecule has 0 bridgehead atoms. The molecule has 1 aromatic carbocycles. The van der Waals surface area contributed by atoms with Crippen LogP contribution in [0.3, 0.4) is 0 Å². The van der Waals surface area contributed by atoms with Crippen LogP contribution in [-0.2, 0) is 14.3 Å². The molecule has 4 rings (SSSR count). The number of hydrogen-bond acceptors (Lipinski definition) is 6. The van der Waals surface area contributed by atoms with E-state index in [4.69, 9.17) is 9.47 Å². The fourth-order valence-electron chi connectivity index (χ4n) is 3.30. The topological polar surface area (TPSA) is 111 Å². The summed E-state index contributed by atoms with van der Waals surface area (Å²) in [6.07, 6.45) is 5.34. The van der Waals surface area contributed by atoms with Gasteiger partial charge < -0.3 is 19.8 Å². The Labute approximate surface area is 167 Å². The van der Waals surface area contributed by atoms with E-state index < -0.39 is 6.10 Å². The van der Waals surface area contributed by atoms with E-state index in [0.29, 0.717) is 29.0 Å². The summed E-state index contributed by atoms with van der Waals surface area (Å²) in [5.41, 5.74) is 1.30. The molecule has 0 spiro atoms. The molecule has 2 atom stereocenters. The number of anilines is 1. The van der Waals surface area contributed by atoms with Crippen LogP contribution in [0.2, 0.25) is 0 Å². The minimum atomic E-state index is -0.635. The predicted molar refractivity (Wildman–Crippen MR) is 107 cm³/mol. The summed E-state index contributed by atoms with van der Waals surface area (Å²) in [4.78, 5) is 31.3. The van der Waals surface area contributed by atoms with Gasteiger partial charge in [-0.3, -0.25) is 9.59 Å². The van der Waals surface area contributed by atoms with Gasteiger partial charge in [-0.05, 0) is 38.3 Å². The van der Waals surface area contributed by atoms with E-state index in [1.807, 2.05) is 12.1 Å². The average Bonchev–Trinajstić information content (AvgIpc) is 3.18. The van der Waals surface area contributed by atoms with E-state index in [1.165, 1.54) is 17.2 Å². The molecule has 1 aliphatic rings. The standard InChI is InChI=1S/C20H23N5O4/c1-13(29-11-14-6-4-5-9-28-14)19(26)24-16-7-2-3-8-17(16)25-18-15(10-23-25)20(27)22-12-21-18/h2-3,7-8,10,12-14H,4-6,9,11H2,1H3,(H,24,26)(H,21,22,27). The second-order valence-electron chi connectivity index (χ2n) is 7.00. The largest absolute Gasteiger partial charge is 0.376 e. The van der Waals surface area contributed by atoms with Gasteiger partial charge in [-0.15, -0.1) is 0 Å². The van der Waals surface area contributed by atoms with E-state index >= 15 is 0 Å². The molecule has 1 aliphatic heterocycles. The number of carbonyl (C=O) groups excluding carboxylic acids is 1. The molecule has 2 N–H and O–H groups in total. The Hall–Kier alpha value is -3.04. The van der Waals surface area contributed by atoms with Crippen LogP contribution in [0.5, 0.6) is 0 Å². The third kappa shape index (κ3) is 4.20. The van der Waals surface area contributed by atoms with Crippen molar-refractivity contribution >= 4 is 22.6 Å². The molecule has 1 amide bonds. The smallest absolute Gasteiger partial charge is 0.261 e. The summed E-state index contributed by atoms with van der Waals surface area (Å²) in [5, 5.41) is 7.53. The van der Waals surface area contributed by atoms with Crippen molar-refractivity contribution in [1.29, 1.82) is 0 Å². The molecule has 29 heavy (non-hydrogen) atoms. The quantitative estimate of drug-likeness (QED) is 0.658. The van der Waals surface area contributed by atoms with Crippen LogP contribution in [0.15, 0.2) is 41.6 Å². The van der Waals surface area contributed by atoms with Gasteiger partial charge in [-0.25, -0.2) is 9.67 Å². The van der Waals surface area contributed by atoms with Crippen LogP contribution in [0.1, 0.15) is 26.2 Å². The molecule has 0 radical (unpaired) electrons.